The van der Waals surface area contributed by atoms with Crippen LogP contribution < -0.4 is 38.1 Å². The summed E-state index contributed by atoms with van der Waals surface area (Å²) >= 11 is 20.9. The molecule has 0 fully saturated rings. The van der Waals surface area contributed by atoms with Crippen molar-refractivity contribution in [2.75, 3.05) is 71.0 Å². The van der Waals surface area contributed by atoms with Crippen LogP contribution in [0.1, 0.15) is 264 Å². The van der Waals surface area contributed by atoms with Crippen LogP contribution in [0.15, 0.2) is 24.8 Å². The fraction of sp³-hybridized carbons (Fsp3) is 0.562. The van der Waals surface area contributed by atoms with Gasteiger partial charge in [0.2, 0.25) is 22.5 Å². The molecule has 5 amide bonds. The molecular formula is C89H126Cl4F4N30O16. The number of nitrogens with two attached hydrogens (primary N) is 2. The van der Waals surface area contributed by atoms with Crippen molar-refractivity contribution in [2.24, 2.45) is 0 Å². The molecule has 0 aromatic carbocycles. The van der Waals surface area contributed by atoms with Crippen molar-refractivity contribution >= 4 is 153 Å². The topological polar surface area (TPSA) is 564 Å². The molecule has 14 rings (SSSR count). The summed E-state index contributed by atoms with van der Waals surface area (Å²) < 4.78 is 98.7. The largest absolute Gasteiger partial charge is 0.454 e. The van der Waals surface area contributed by atoms with E-state index >= 15 is 0 Å². The van der Waals surface area contributed by atoms with Crippen LogP contribution >= 0.6 is 46.4 Å². The normalized spacial score (nSPS) is 15.0. The van der Waals surface area contributed by atoms with Crippen LogP contribution in [0.4, 0.5) is 114 Å². The summed E-state index contributed by atoms with van der Waals surface area (Å²) in [4.78, 5) is 135. The smallest absolute Gasteiger partial charge is 0.435 e. The number of nitrogen functional groups attached to an aromatic ring is 2. The van der Waals surface area contributed by atoms with E-state index in [0.717, 1.165) is 67.9 Å². The number of hydrogen-bond donors (Lipinski definition) is 10. The molecule has 9 aromatic heterocycles. The van der Waals surface area contributed by atoms with Crippen LogP contribution in [0.5, 0.6) is 0 Å². The molecule has 0 radical (unpaired) electrons. The highest BCUT2D eigenvalue weighted by molar-refractivity contribution is 6.61. The Labute approximate surface area is 844 Å². The SMILES string of the molecule is CC(C)(C)OC(=O)N1Cc2c(N)n[nH]c2C1(C)C.CC(C)(C)OC(=O)N1Cc2c(Nc3nc(Cl)ncc3F)n[nH]c2C1(C)C.CCNc1ncc(F)c(Nc2n[nH]c3c2CN(C(=O)OC(C)(C)C)C3(C)C)n1.CCNc1ncc(F)c(Nc2nn(C(=O)OCC)c3c2CN(C(=O)OC(C)(C)C)C3(C)C)n1.CCOC(=O)Cl.CCOC(=O)n1nc(N)c2c1C(C)(C)N(C(=O)OC(C)(C)C)C2.Fc1cnc(Cl)nc1Cl. The summed E-state index contributed by atoms with van der Waals surface area (Å²) in [6, 6.07) is 0. The number of amides is 5. The Morgan fingerprint density at radius 2 is 0.671 bits per heavy atom. The summed E-state index contributed by atoms with van der Waals surface area (Å²) in [5.74, 6) is -0.652. The van der Waals surface area contributed by atoms with Crippen molar-refractivity contribution in [1.82, 2.24) is 115 Å². The third kappa shape index (κ3) is 28.4. The van der Waals surface area contributed by atoms with Gasteiger partial charge in [0.25, 0.3) is 0 Å². The molecular weight excluding hydrogens is 1960 g/mol. The van der Waals surface area contributed by atoms with Gasteiger partial charge in [0.05, 0.1) is 133 Å². The first-order chi connectivity index (χ1) is 66.0. The lowest BCUT2D eigenvalue weighted by Gasteiger charge is -2.34. The van der Waals surface area contributed by atoms with E-state index in [1.807, 2.05) is 132 Å². The molecule has 9 aromatic rings. The Bertz CT molecular complexity index is 6110. The van der Waals surface area contributed by atoms with Crippen LogP contribution in [0.3, 0.4) is 0 Å². The summed E-state index contributed by atoms with van der Waals surface area (Å²) in [6.07, 6.45) is 0.489. The van der Waals surface area contributed by atoms with Gasteiger partial charge in [0.15, 0.2) is 75.0 Å². The second-order valence-electron chi connectivity index (χ2n) is 39.6. The van der Waals surface area contributed by atoms with E-state index < -0.39 is 121 Å². The van der Waals surface area contributed by atoms with Gasteiger partial charge < -0.3 is 75.9 Å². The van der Waals surface area contributed by atoms with Crippen molar-refractivity contribution in [3.05, 3.63) is 120 Å². The molecule has 0 aliphatic carbocycles. The zero-order chi connectivity index (χ0) is 108. The lowest BCUT2D eigenvalue weighted by molar-refractivity contribution is 0.00285. The number of carbonyl (C=O) groups excluding carboxylic acids is 8. The lowest BCUT2D eigenvalue weighted by atomic mass is 10.0. The number of rotatable bonds is 13. The number of nitrogens with zero attached hydrogens (tertiary/aromatic N) is 20. The van der Waals surface area contributed by atoms with Crippen molar-refractivity contribution in [2.45, 2.75) is 296 Å². The lowest BCUT2D eigenvalue weighted by Crippen LogP contribution is -2.44. The predicted molar refractivity (Wildman–Crippen MR) is 522 cm³/mol. The molecule has 0 unspecified atom stereocenters. The second kappa shape index (κ2) is 45.1. The van der Waals surface area contributed by atoms with E-state index in [-0.39, 0.29) is 96.2 Å². The van der Waals surface area contributed by atoms with E-state index in [0.29, 0.717) is 72.2 Å². The van der Waals surface area contributed by atoms with Gasteiger partial charge in [-0.05, 0) is 231 Å². The first-order valence-corrected chi connectivity index (χ1v) is 46.5. The van der Waals surface area contributed by atoms with Crippen LogP contribution in [-0.2, 0) is 98.3 Å². The Kier molecular flexibility index (Phi) is 36.2. The average molecular weight is 2090 g/mol. The molecule has 0 saturated heterocycles. The first-order valence-electron chi connectivity index (χ1n) is 45.0. The third-order valence-corrected chi connectivity index (χ3v) is 21.8. The number of aromatic nitrogens is 18. The maximum absolute atomic E-state index is 14.5. The highest BCUT2D eigenvalue weighted by Gasteiger charge is 2.53. The summed E-state index contributed by atoms with van der Waals surface area (Å²) in [5.41, 5.74) is 11.3. The molecule has 12 N–H and O–H groups in total. The number of carbonyl (C=O) groups is 8. The fourth-order valence-corrected chi connectivity index (χ4v) is 15.2. The molecule has 0 spiro atoms. The number of nitrogens with one attached hydrogen (secondary N) is 8. The number of halogens is 8. The predicted octanol–water partition coefficient (Wildman–Crippen LogP) is 18.9. The van der Waals surface area contributed by atoms with E-state index in [9.17, 15) is 55.9 Å². The van der Waals surface area contributed by atoms with Gasteiger partial charge in [0.1, 0.15) is 28.0 Å². The zero-order valence-corrected chi connectivity index (χ0v) is 88.6. The number of ether oxygens (including phenoxy) is 8. The number of aromatic amines is 3. The minimum atomic E-state index is -0.962. The standard InChI is InChI=1S/C21H30FN7O4.C18H26FN7O2.C16H20ClFN6O2.C15H24N4O4.C12H20N4O2.C4HCl2FN2.C3H5ClO2/c1-8-23-17-24-10-13(22)16(26-17)25-15-12-11-28(18(30)33-20(3,4)5)21(6,7)14(12)29(27-15)19(31)32-9-2;1-7-20-15-21-8-11(19)14(23-15)22-13-10-9-26(16(27)28-17(2,3)4)18(5,6)12(10)24-25-13;1-15(2,3)26-14(25)24-7-8-10(16(24,4)5)22-23-11(8)20-12-9(18)6-19-13(17)21-12;1-7-22-13(21)19-10-9(11(16)17-19)8-18(15(10,5)6)12(20)23-14(2,3)4;1-11(2,3)18-10(17)16-6-7-8(12(16,4)5)14-15-9(7)13;5-3-2(7)1-8-4(6)9-3;1-2-6-3(4)5/h10H,8-9,11H2,1-7H3,(H2,23,24,25,26,27);8H,7,9H2,1-6H3,(H3,20,21,22,23,24,25);6H,7H2,1-5H3,(H2,19,20,21,22,23);7-8H2,1-6H3,(H2,16,17);6H2,1-5H3,(H3,13,14,15);1H;2H2,1H3. The van der Waals surface area contributed by atoms with Gasteiger partial charge in [-0.1, -0.05) is 11.6 Å². The Hall–Kier alpha value is -13.4. The van der Waals surface area contributed by atoms with E-state index in [1.165, 1.54) is 9.80 Å². The van der Waals surface area contributed by atoms with Gasteiger partial charge >= 0.3 is 48.1 Å². The number of fused-ring (bicyclic) bond motifs is 5. The molecule has 784 valence electrons. The van der Waals surface area contributed by atoms with Crippen molar-refractivity contribution in [3.8, 4) is 0 Å². The second-order valence-corrected chi connectivity index (χ2v) is 40.9. The first kappa shape index (κ1) is 115. The highest BCUT2D eigenvalue weighted by Crippen LogP contribution is 2.48. The maximum Gasteiger partial charge on any atom is 0.435 e. The molecule has 143 heavy (non-hydrogen) atoms. The minimum Gasteiger partial charge on any atom is -0.454 e. The fourth-order valence-electron chi connectivity index (χ4n) is 14.6. The minimum absolute atomic E-state index is 0.00812. The number of H-pyrrole nitrogens is 3. The molecule has 0 saturated carbocycles. The van der Waals surface area contributed by atoms with Gasteiger partial charge in [0, 0.05) is 52.5 Å². The molecule has 0 bridgehead atoms. The highest BCUT2D eigenvalue weighted by atomic mass is 35.5. The molecule has 46 nitrogen and oxygen atoms in total. The van der Waals surface area contributed by atoms with Gasteiger partial charge in [-0.25, -0.2) is 80.8 Å². The van der Waals surface area contributed by atoms with E-state index in [1.54, 1.807) is 90.9 Å². The monoisotopic (exact) mass is 2090 g/mol. The van der Waals surface area contributed by atoms with E-state index in [4.69, 9.17) is 91.0 Å². The molecule has 5 aliphatic heterocycles. The van der Waals surface area contributed by atoms with Gasteiger partial charge in [-0.2, -0.15) is 39.6 Å². The molecule has 0 atom stereocenters. The van der Waals surface area contributed by atoms with Crippen LogP contribution in [0.25, 0.3) is 0 Å². The van der Waals surface area contributed by atoms with Gasteiger partial charge in [-0.15, -0.1) is 10.2 Å². The zero-order valence-electron chi connectivity index (χ0n) is 85.5. The van der Waals surface area contributed by atoms with Crippen LogP contribution in [0, 0.1) is 23.3 Å². The Morgan fingerprint density at radius 1 is 0.371 bits per heavy atom. The Balaban J connectivity index is 0.000000212. The molecule has 5 aliphatic rings. The summed E-state index contributed by atoms with van der Waals surface area (Å²) in [5, 5.41) is 43.6. The van der Waals surface area contributed by atoms with E-state index in [2.05, 4.69) is 112 Å². The van der Waals surface area contributed by atoms with Crippen LogP contribution in [0.2, 0.25) is 15.7 Å². The van der Waals surface area contributed by atoms with Crippen molar-refractivity contribution < 1.29 is 93.8 Å². The van der Waals surface area contributed by atoms with Crippen LogP contribution in [-0.4, -0.2) is 224 Å². The van der Waals surface area contributed by atoms with Crippen molar-refractivity contribution in [3.63, 3.8) is 0 Å². The molecule has 14 heterocycles. The van der Waals surface area contributed by atoms with Gasteiger partial charge in [-0.3, -0.25) is 39.8 Å². The van der Waals surface area contributed by atoms with Crippen molar-refractivity contribution in [1.29, 1.82) is 0 Å². The Morgan fingerprint density at radius 3 is 1.01 bits per heavy atom. The number of anilines is 10. The summed E-state index contributed by atoms with van der Waals surface area (Å²) in [7, 11) is 0. The average Bonchev–Trinajstić information content (AvgIpc) is 1.56. The molecule has 54 heteroatoms. The summed E-state index contributed by atoms with van der Waals surface area (Å²) in [6.45, 7) is 57.8. The third-order valence-electron chi connectivity index (χ3n) is 21.0. The number of hydrogen-bond acceptors (Lipinski definition) is 36. The maximum atomic E-state index is 14.5. The quantitative estimate of drug-likeness (QED) is 0.0168.